The first-order chi connectivity index (χ1) is 15.7. The van der Waals surface area contributed by atoms with E-state index in [1.54, 1.807) is 30.0 Å². The van der Waals surface area contributed by atoms with Gasteiger partial charge in [-0.15, -0.1) is 0 Å². The molecule has 0 unspecified atom stereocenters. The van der Waals surface area contributed by atoms with E-state index in [-0.39, 0.29) is 6.54 Å². The second-order valence-electron chi connectivity index (χ2n) is 7.77. The molecule has 4 aromatic rings. The van der Waals surface area contributed by atoms with Gasteiger partial charge in [0.05, 0.1) is 29.7 Å². The molecule has 0 fully saturated rings. The van der Waals surface area contributed by atoms with Crippen molar-refractivity contribution in [1.82, 2.24) is 29.4 Å². The summed E-state index contributed by atoms with van der Waals surface area (Å²) in [4.78, 5) is 29.9. The van der Waals surface area contributed by atoms with E-state index < -0.39 is 11.7 Å². The van der Waals surface area contributed by atoms with Crippen molar-refractivity contribution in [1.29, 1.82) is 0 Å². The minimum absolute atomic E-state index is 0.287. The molecular weight excluding hydrogens is 433 g/mol. The highest BCUT2D eigenvalue weighted by molar-refractivity contribution is 5.89. The van der Waals surface area contributed by atoms with Gasteiger partial charge in [-0.3, -0.25) is 4.79 Å². The highest BCUT2D eigenvalue weighted by atomic mass is 19.4. The van der Waals surface area contributed by atoms with Crippen molar-refractivity contribution in [3.8, 4) is 0 Å². The molecule has 0 atom stereocenters. The van der Waals surface area contributed by atoms with Gasteiger partial charge in [0.25, 0.3) is 0 Å². The molecule has 1 aromatic carbocycles. The molecule has 0 bridgehead atoms. The summed E-state index contributed by atoms with van der Waals surface area (Å²) >= 11 is 0. The number of aryl methyl sites for hydroxylation is 1. The number of carbonyl (C=O) groups is 1. The normalized spacial score (nSPS) is 12.4. The molecule has 0 spiro atoms. The number of alkyl halides is 3. The summed E-state index contributed by atoms with van der Waals surface area (Å²) in [6, 6.07) is 6.80. The van der Waals surface area contributed by atoms with Crippen LogP contribution in [0.1, 0.15) is 38.7 Å². The zero-order valence-electron chi connectivity index (χ0n) is 18.2. The lowest BCUT2D eigenvalue weighted by Crippen LogP contribution is -2.08. The number of imidazole rings is 1. The van der Waals surface area contributed by atoms with Gasteiger partial charge in [0.15, 0.2) is 17.6 Å². The number of halogens is 3. The van der Waals surface area contributed by atoms with Gasteiger partial charge in [-0.1, -0.05) is 12.1 Å². The third-order valence-electron chi connectivity index (χ3n) is 5.12. The van der Waals surface area contributed by atoms with Gasteiger partial charge in [-0.2, -0.15) is 13.2 Å². The Morgan fingerprint density at radius 1 is 1.15 bits per heavy atom. The van der Waals surface area contributed by atoms with E-state index in [1.165, 1.54) is 12.1 Å². The first-order valence-electron chi connectivity index (χ1n) is 10.0. The number of aldehydes is 1. The molecule has 0 aliphatic heterocycles. The Hall–Kier alpha value is -3.95. The topological polar surface area (TPSA) is 79.7 Å². The van der Waals surface area contributed by atoms with Crippen LogP contribution in [0.5, 0.6) is 0 Å². The second kappa shape index (κ2) is 8.53. The molecule has 0 aliphatic carbocycles. The number of carbonyl (C=O) groups excluding carboxylic acids is 1. The summed E-state index contributed by atoms with van der Waals surface area (Å²) < 4.78 is 40.5. The number of hydrogen-bond donors (Lipinski definition) is 1. The molecule has 0 aliphatic rings. The molecule has 4 rings (SSSR count). The van der Waals surface area contributed by atoms with Gasteiger partial charge in [0.2, 0.25) is 0 Å². The van der Waals surface area contributed by atoms with Crippen LogP contribution in [0.3, 0.4) is 0 Å². The van der Waals surface area contributed by atoms with Gasteiger partial charge in [0, 0.05) is 37.6 Å². The number of benzene rings is 1. The highest BCUT2D eigenvalue weighted by Crippen LogP contribution is 2.30. The monoisotopic (exact) mass is 454 g/mol. The Morgan fingerprint density at radius 2 is 1.88 bits per heavy atom. The molecule has 3 aromatic heterocycles. The number of rotatable bonds is 6. The fraction of sp³-hybridized carbons (Fsp3) is 0.217. The van der Waals surface area contributed by atoms with Crippen LogP contribution in [0.2, 0.25) is 0 Å². The van der Waals surface area contributed by atoms with Crippen molar-refractivity contribution in [3.63, 3.8) is 0 Å². The van der Waals surface area contributed by atoms with Crippen LogP contribution >= 0.6 is 0 Å². The first kappa shape index (κ1) is 22.3. The van der Waals surface area contributed by atoms with Crippen LogP contribution in [-0.4, -0.2) is 49.8 Å². The average Bonchev–Trinajstić information content (AvgIpc) is 3.35. The van der Waals surface area contributed by atoms with Gasteiger partial charge in [0.1, 0.15) is 5.82 Å². The van der Waals surface area contributed by atoms with Crippen LogP contribution in [-0.2, 0) is 12.7 Å². The fourth-order valence-electron chi connectivity index (χ4n) is 3.55. The molecule has 0 amide bonds. The number of aromatic amines is 1. The molecule has 0 saturated heterocycles. The van der Waals surface area contributed by atoms with Gasteiger partial charge < -0.3 is 14.5 Å². The Labute approximate surface area is 187 Å². The molecule has 1 N–H and O–H groups in total. The number of nitrogens with one attached hydrogen (secondary N) is 1. The number of nitrogens with zero attached hydrogens (tertiary/aromatic N) is 5. The van der Waals surface area contributed by atoms with E-state index in [0.717, 1.165) is 18.4 Å². The molecule has 3 heterocycles. The van der Waals surface area contributed by atoms with Crippen molar-refractivity contribution >= 4 is 23.2 Å². The van der Waals surface area contributed by atoms with Crippen LogP contribution in [0.25, 0.3) is 16.9 Å². The largest absolute Gasteiger partial charge is 0.416 e. The van der Waals surface area contributed by atoms with E-state index in [9.17, 15) is 18.0 Å². The van der Waals surface area contributed by atoms with E-state index >= 15 is 0 Å². The predicted molar refractivity (Wildman–Crippen MR) is 118 cm³/mol. The maximum Gasteiger partial charge on any atom is 0.416 e. The maximum atomic E-state index is 12.9. The van der Waals surface area contributed by atoms with Gasteiger partial charge in [-0.25, -0.2) is 15.0 Å². The second-order valence-corrected chi connectivity index (χ2v) is 7.77. The summed E-state index contributed by atoms with van der Waals surface area (Å²) in [6.07, 6.45) is 1.46. The lowest BCUT2D eigenvalue weighted by atomic mass is 10.0. The zero-order chi connectivity index (χ0) is 23.8. The minimum atomic E-state index is -4.38. The summed E-state index contributed by atoms with van der Waals surface area (Å²) in [5.41, 5.74) is 3.23. The van der Waals surface area contributed by atoms with E-state index in [0.29, 0.717) is 45.2 Å². The van der Waals surface area contributed by atoms with Crippen molar-refractivity contribution in [3.05, 3.63) is 82.8 Å². The molecule has 33 heavy (non-hydrogen) atoms. The lowest BCUT2D eigenvalue weighted by Gasteiger charge is -2.12. The van der Waals surface area contributed by atoms with Crippen LogP contribution in [0, 0.1) is 6.92 Å². The summed E-state index contributed by atoms with van der Waals surface area (Å²) in [5, 5.41) is 0. The summed E-state index contributed by atoms with van der Waals surface area (Å²) in [7, 11) is 3.72. The molecule has 7 nitrogen and oxygen atoms in total. The van der Waals surface area contributed by atoms with Gasteiger partial charge in [-0.05, 0) is 30.7 Å². The molecular formula is C23H21F3N6O. The lowest BCUT2D eigenvalue weighted by molar-refractivity contribution is -0.137. The zero-order valence-corrected chi connectivity index (χ0v) is 18.2. The Balaban J connectivity index is 1.77. The number of fused-ring (bicyclic) bond motifs is 1. The van der Waals surface area contributed by atoms with Crippen molar-refractivity contribution in [2.45, 2.75) is 19.6 Å². The standard InChI is InChI=1S/C23H21F3N6O/c1-14-29-21-22(32(14)11-15-4-6-16(7-5-15)23(24,25)26)30-19(10-28-21)18(12-31(2)3)17-8-9-27-20(17)13-33/h4-10,12-13,27H,11H2,1-3H3/b18-12+. The summed E-state index contributed by atoms with van der Waals surface area (Å²) in [5.74, 6) is 0.635. The number of H-pyrrole nitrogens is 1. The van der Waals surface area contributed by atoms with E-state index in [1.807, 2.05) is 25.2 Å². The number of hydrogen-bond acceptors (Lipinski definition) is 5. The van der Waals surface area contributed by atoms with Crippen molar-refractivity contribution in [2.75, 3.05) is 14.1 Å². The minimum Gasteiger partial charge on any atom is -0.383 e. The fourth-order valence-corrected chi connectivity index (χ4v) is 3.55. The van der Waals surface area contributed by atoms with E-state index in [4.69, 9.17) is 4.98 Å². The third-order valence-corrected chi connectivity index (χ3v) is 5.12. The van der Waals surface area contributed by atoms with Crippen LogP contribution < -0.4 is 0 Å². The summed E-state index contributed by atoms with van der Waals surface area (Å²) in [6.45, 7) is 2.08. The van der Waals surface area contributed by atoms with E-state index in [2.05, 4.69) is 15.0 Å². The highest BCUT2D eigenvalue weighted by Gasteiger charge is 2.30. The molecule has 10 heteroatoms. The van der Waals surface area contributed by atoms with Gasteiger partial charge >= 0.3 is 6.18 Å². The van der Waals surface area contributed by atoms with Crippen molar-refractivity contribution in [2.24, 2.45) is 0 Å². The quantitative estimate of drug-likeness (QED) is 0.440. The SMILES string of the molecule is Cc1nc2ncc(/C(=C/N(C)C)c3cc[nH]c3C=O)nc2n1Cc1ccc(C(F)(F)F)cc1. The first-order valence-corrected chi connectivity index (χ1v) is 10.0. The number of aromatic nitrogens is 5. The van der Waals surface area contributed by atoms with Crippen LogP contribution in [0.4, 0.5) is 13.2 Å². The maximum absolute atomic E-state index is 12.9. The smallest absolute Gasteiger partial charge is 0.383 e. The van der Waals surface area contributed by atoms with Crippen molar-refractivity contribution < 1.29 is 18.0 Å². The van der Waals surface area contributed by atoms with Crippen LogP contribution in [0.15, 0.2) is 48.9 Å². The third kappa shape index (κ3) is 4.50. The Morgan fingerprint density at radius 3 is 2.52 bits per heavy atom. The predicted octanol–water partition coefficient (Wildman–Crippen LogP) is 4.29. The Bertz CT molecular complexity index is 1330. The molecule has 0 radical (unpaired) electrons. The Kier molecular flexibility index (Phi) is 5.75. The molecule has 170 valence electrons. The average molecular weight is 454 g/mol. The molecule has 0 saturated carbocycles.